The van der Waals surface area contributed by atoms with Gasteiger partial charge in [0.2, 0.25) is 5.88 Å². The zero-order chi connectivity index (χ0) is 15.2. The van der Waals surface area contributed by atoms with E-state index < -0.39 is 4.92 Å². The number of pyridine rings is 1. The van der Waals surface area contributed by atoms with Crippen LogP contribution in [0.4, 0.5) is 5.69 Å². The van der Waals surface area contributed by atoms with Gasteiger partial charge in [-0.05, 0) is 17.7 Å². The number of aromatic nitrogens is 1. The van der Waals surface area contributed by atoms with Crippen molar-refractivity contribution in [1.29, 1.82) is 0 Å². The Kier molecular flexibility index (Phi) is 4.68. The van der Waals surface area contributed by atoms with E-state index in [2.05, 4.69) is 4.98 Å². The topological polar surface area (TPSA) is 101 Å². The van der Waals surface area contributed by atoms with Crippen LogP contribution in [0.5, 0.6) is 11.6 Å². The number of nitro benzene ring substituents is 1. The third kappa shape index (κ3) is 3.67. The van der Waals surface area contributed by atoms with Gasteiger partial charge in [-0.1, -0.05) is 12.1 Å². The summed E-state index contributed by atoms with van der Waals surface area (Å²) in [4.78, 5) is 14.7. The minimum Gasteiger partial charge on any atom is -0.481 e. The van der Waals surface area contributed by atoms with Crippen LogP contribution in [0.2, 0.25) is 0 Å². The second-order valence-corrected chi connectivity index (χ2v) is 4.22. The molecular weight excluding hydrogens is 274 g/mol. The molecule has 0 bridgehead atoms. The molecule has 1 aromatic heterocycles. The van der Waals surface area contributed by atoms with Gasteiger partial charge >= 0.3 is 5.69 Å². The molecule has 0 radical (unpaired) electrons. The highest BCUT2D eigenvalue weighted by Gasteiger charge is 2.16. The normalized spacial score (nSPS) is 10.2. The minimum absolute atomic E-state index is 0.110. The SMILES string of the molecule is COc1cccc(COc2ccc(CN)cc2[N+](=O)[O-])n1. The number of nitrogens with zero attached hydrogens (tertiary/aromatic N) is 2. The van der Waals surface area contributed by atoms with Crippen LogP contribution in [0.15, 0.2) is 36.4 Å². The van der Waals surface area contributed by atoms with E-state index in [0.29, 0.717) is 17.1 Å². The molecule has 110 valence electrons. The van der Waals surface area contributed by atoms with Gasteiger partial charge in [0.1, 0.15) is 6.61 Å². The molecule has 0 unspecified atom stereocenters. The Morgan fingerprint density at radius 1 is 1.33 bits per heavy atom. The quantitative estimate of drug-likeness (QED) is 0.645. The molecule has 0 aliphatic carbocycles. The molecule has 21 heavy (non-hydrogen) atoms. The van der Waals surface area contributed by atoms with Gasteiger partial charge in [0.15, 0.2) is 5.75 Å². The lowest BCUT2D eigenvalue weighted by Gasteiger charge is -2.08. The summed E-state index contributed by atoms with van der Waals surface area (Å²) in [5, 5.41) is 11.1. The Balaban J connectivity index is 2.17. The van der Waals surface area contributed by atoms with Crippen molar-refractivity contribution in [3.05, 3.63) is 57.8 Å². The predicted octanol–water partition coefficient (Wildman–Crippen LogP) is 2.04. The first-order valence-corrected chi connectivity index (χ1v) is 6.24. The van der Waals surface area contributed by atoms with Gasteiger partial charge in [-0.15, -0.1) is 0 Å². The van der Waals surface area contributed by atoms with E-state index in [1.807, 2.05) is 0 Å². The molecule has 2 rings (SSSR count). The molecule has 0 saturated heterocycles. The minimum atomic E-state index is -0.493. The van der Waals surface area contributed by atoms with Crippen LogP contribution in [0.1, 0.15) is 11.3 Å². The van der Waals surface area contributed by atoms with Crippen molar-refractivity contribution in [1.82, 2.24) is 4.98 Å². The molecule has 0 aliphatic rings. The van der Waals surface area contributed by atoms with E-state index in [1.54, 1.807) is 30.3 Å². The highest BCUT2D eigenvalue weighted by Crippen LogP contribution is 2.28. The molecule has 0 atom stereocenters. The molecule has 0 spiro atoms. The van der Waals surface area contributed by atoms with Crippen molar-refractivity contribution in [2.45, 2.75) is 13.2 Å². The molecule has 2 N–H and O–H groups in total. The zero-order valence-corrected chi connectivity index (χ0v) is 11.5. The van der Waals surface area contributed by atoms with Gasteiger partial charge in [-0.2, -0.15) is 0 Å². The summed E-state index contributed by atoms with van der Waals surface area (Å²) in [5.41, 5.74) is 6.66. The van der Waals surface area contributed by atoms with Crippen LogP contribution in [0, 0.1) is 10.1 Å². The third-order valence-electron chi connectivity index (χ3n) is 2.82. The van der Waals surface area contributed by atoms with E-state index in [9.17, 15) is 10.1 Å². The summed E-state index contributed by atoms with van der Waals surface area (Å²) in [6, 6.07) is 9.89. The fourth-order valence-corrected chi connectivity index (χ4v) is 1.76. The second-order valence-electron chi connectivity index (χ2n) is 4.22. The van der Waals surface area contributed by atoms with Crippen molar-refractivity contribution in [3.8, 4) is 11.6 Å². The maximum Gasteiger partial charge on any atom is 0.311 e. The molecule has 0 fully saturated rings. The first-order valence-electron chi connectivity index (χ1n) is 6.24. The Labute approximate surface area is 121 Å². The number of benzene rings is 1. The van der Waals surface area contributed by atoms with E-state index >= 15 is 0 Å². The first kappa shape index (κ1) is 14.7. The van der Waals surface area contributed by atoms with Gasteiger partial charge in [0.25, 0.3) is 0 Å². The fraction of sp³-hybridized carbons (Fsp3) is 0.214. The number of ether oxygens (including phenoxy) is 2. The maximum absolute atomic E-state index is 11.1. The summed E-state index contributed by atoms with van der Waals surface area (Å²) in [7, 11) is 1.52. The van der Waals surface area contributed by atoms with E-state index in [4.69, 9.17) is 15.2 Å². The number of rotatable bonds is 6. The highest BCUT2D eigenvalue weighted by atomic mass is 16.6. The number of hydrogen-bond acceptors (Lipinski definition) is 6. The van der Waals surface area contributed by atoms with Crippen LogP contribution in [-0.4, -0.2) is 17.0 Å². The fourth-order valence-electron chi connectivity index (χ4n) is 1.76. The van der Waals surface area contributed by atoms with E-state index in [-0.39, 0.29) is 24.6 Å². The van der Waals surface area contributed by atoms with Crippen LogP contribution in [-0.2, 0) is 13.2 Å². The van der Waals surface area contributed by atoms with Gasteiger partial charge in [-0.3, -0.25) is 10.1 Å². The van der Waals surface area contributed by atoms with Crippen molar-refractivity contribution in [2.24, 2.45) is 5.73 Å². The Morgan fingerprint density at radius 2 is 2.14 bits per heavy atom. The zero-order valence-electron chi connectivity index (χ0n) is 11.5. The van der Waals surface area contributed by atoms with Gasteiger partial charge in [0.05, 0.1) is 17.7 Å². The molecule has 7 heteroatoms. The van der Waals surface area contributed by atoms with Crippen LogP contribution in [0.25, 0.3) is 0 Å². The van der Waals surface area contributed by atoms with Crippen molar-refractivity contribution in [2.75, 3.05) is 7.11 Å². The Bertz CT molecular complexity index is 646. The van der Waals surface area contributed by atoms with Crippen LogP contribution >= 0.6 is 0 Å². The van der Waals surface area contributed by atoms with Crippen molar-refractivity contribution in [3.63, 3.8) is 0 Å². The number of hydrogen-bond donors (Lipinski definition) is 1. The number of nitro groups is 1. The van der Waals surface area contributed by atoms with E-state index in [0.717, 1.165) is 0 Å². The van der Waals surface area contributed by atoms with Crippen molar-refractivity contribution < 1.29 is 14.4 Å². The van der Waals surface area contributed by atoms with Crippen molar-refractivity contribution >= 4 is 5.69 Å². The third-order valence-corrected chi connectivity index (χ3v) is 2.82. The highest BCUT2D eigenvalue weighted by molar-refractivity contribution is 5.48. The molecule has 0 amide bonds. The van der Waals surface area contributed by atoms with Gasteiger partial charge in [-0.25, -0.2) is 4.98 Å². The second kappa shape index (κ2) is 6.67. The average molecular weight is 289 g/mol. The molecule has 0 aliphatic heterocycles. The molecule has 1 aromatic carbocycles. The molecule has 1 heterocycles. The maximum atomic E-state index is 11.1. The lowest BCUT2D eigenvalue weighted by atomic mass is 10.2. The van der Waals surface area contributed by atoms with E-state index in [1.165, 1.54) is 13.2 Å². The summed E-state index contributed by atoms with van der Waals surface area (Å²) in [6.07, 6.45) is 0. The summed E-state index contributed by atoms with van der Waals surface area (Å²) in [6.45, 7) is 0.346. The average Bonchev–Trinajstić information content (AvgIpc) is 2.52. The van der Waals surface area contributed by atoms with Crippen LogP contribution in [0.3, 0.4) is 0 Å². The number of nitrogens with two attached hydrogens (primary N) is 1. The van der Waals surface area contributed by atoms with Crippen LogP contribution < -0.4 is 15.2 Å². The summed E-state index contributed by atoms with van der Waals surface area (Å²) in [5.74, 6) is 0.644. The Hall–Kier alpha value is -2.67. The standard InChI is InChI=1S/C14H15N3O4/c1-20-14-4-2-3-11(16-14)9-21-13-6-5-10(8-15)7-12(13)17(18)19/h2-7H,8-9,15H2,1H3. The monoisotopic (exact) mass is 289 g/mol. The largest absolute Gasteiger partial charge is 0.481 e. The molecular formula is C14H15N3O4. The predicted molar refractivity (Wildman–Crippen MR) is 76.1 cm³/mol. The van der Waals surface area contributed by atoms with Gasteiger partial charge < -0.3 is 15.2 Å². The lowest BCUT2D eigenvalue weighted by molar-refractivity contribution is -0.386. The summed E-state index contributed by atoms with van der Waals surface area (Å²) >= 11 is 0. The smallest absolute Gasteiger partial charge is 0.311 e. The number of methoxy groups -OCH3 is 1. The molecule has 7 nitrogen and oxygen atoms in total. The summed E-state index contributed by atoms with van der Waals surface area (Å²) < 4.78 is 10.5. The molecule has 2 aromatic rings. The Morgan fingerprint density at radius 3 is 2.81 bits per heavy atom. The van der Waals surface area contributed by atoms with Gasteiger partial charge in [0, 0.05) is 18.7 Å². The molecule has 0 saturated carbocycles. The lowest BCUT2D eigenvalue weighted by Crippen LogP contribution is -2.03. The first-order chi connectivity index (χ1) is 10.1.